The molecule has 0 bridgehead atoms. The van der Waals surface area contributed by atoms with Gasteiger partial charge in [-0.3, -0.25) is 0 Å². The van der Waals surface area contributed by atoms with Crippen LogP contribution >= 0.6 is 22.9 Å². The average molecular weight is 431 g/mol. The fraction of sp³-hybridized carbons (Fsp3) is 0.364. The summed E-state index contributed by atoms with van der Waals surface area (Å²) in [5.41, 5.74) is 2.22. The van der Waals surface area contributed by atoms with E-state index < -0.39 is 5.97 Å². The Bertz CT molecular complexity index is 1030. The fourth-order valence-corrected chi connectivity index (χ4v) is 4.95. The summed E-state index contributed by atoms with van der Waals surface area (Å²) in [4.78, 5) is 18.2. The summed E-state index contributed by atoms with van der Waals surface area (Å²) in [7, 11) is 0. The van der Waals surface area contributed by atoms with Crippen LogP contribution in [0.2, 0.25) is 5.02 Å². The number of anilines is 1. The number of ether oxygens (including phenoxy) is 1. The SMILES string of the molecule is Cc1ccc(C(=O)O)cc1OCCC1CCN(c2nc3ccc(Cl)cc3s2)CC1. The van der Waals surface area contributed by atoms with Gasteiger partial charge in [-0.05, 0) is 68.0 Å². The first-order valence-corrected chi connectivity index (χ1v) is 11.0. The summed E-state index contributed by atoms with van der Waals surface area (Å²) < 4.78 is 7.02. The zero-order valence-electron chi connectivity index (χ0n) is 16.2. The number of thiazole rings is 1. The van der Waals surface area contributed by atoms with Crippen LogP contribution in [-0.2, 0) is 0 Å². The van der Waals surface area contributed by atoms with Crippen molar-refractivity contribution < 1.29 is 14.6 Å². The third-order valence-electron chi connectivity index (χ3n) is 5.44. The zero-order valence-corrected chi connectivity index (χ0v) is 17.8. The summed E-state index contributed by atoms with van der Waals surface area (Å²) >= 11 is 7.78. The van der Waals surface area contributed by atoms with Crippen LogP contribution < -0.4 is 9.64 Å². The lowest BCUT2D eigenvalue weighted by Crippen LogP contribution is -2.34. The maximum Gasteiger partial charge on any atom is 0.335 e. The molecule has 1 aromatic heterocycles. The second kappa shape index (κ2) is 8.59. The molecule has 0 aliphatic carbocycles. The van der Waals surface area contributed by atoms with E-state index in [2.05, 4.69) is 4.90 Å². The third kappa shape index (κ3) is 4.65. The molecule has 7 heteroatoms. The lowest BCUT2D eigenvalue weighted by molar-refractivity contribution is 0.0696. The Hall–Kier alpha value is -2.31. The van der Waals surface area contributed by atoms with Gasteiger partial charge in [0.15, 0.2) is 5.13 Å². The Morgan fingerprint density at radius 1 is 1.28 bits per heavy atom. The summed E-state index contributed by atoms with van der Waals surface area (Å²) in [6.07, 6.45) is 3.18. The molecule has 0 radical (unpaired) electrons. The van der Waals surface area contributed by atoms with E-state index in [1.54, 1.807) is 29.5 Å². The molecule has 1 N–H and O–H groups in total. The molecule has 1 aliphatic rings. The van der Waals surface area contributed by atoms with Crippen molar-refractivity contribution in [2.75, 3.05) is 24.6 Å². The van der Waals surface area contributed by atoms with Gasteiger partial charge in [0.25, 0.3) is 0 Å². The number of hydrogen-bond donors (Lipinski definition) is 1. The average Bonchev–Trinajstić information content (AvgIpc) is 3.13. The number of aryl methyl sites for hydroxylation is 1. The molecule has 4 rings (SSSR count). The number of nitrogens with zero attached hydrogens (tertiary/aromatic N) is 2. The lowest BCUT2D eigenvalue weighted by atomic mass is 9.94. The summed E-state index contributed by atoms with van der Waals surface area (Å²) in [6.45, 7) is 4.52. The second-order valence-corrected chi connectivity index (χ2v) is 8.91. The van der Waals surface area contributed by atoms with Gasteiger partial charge in [-0.1, -0.05) is 29.0 Å². The monoisotopic (exact) mass is 430 g/mol. The third-order valence-corrected chi connectivity index (χ3v) is 6.76. The number of rotatable bonds is 6. The number of carboxylic acid groups (broad SMARTS) is 1. The van der Waals surface area contributed by atoms with E-state index in [0.717, 1.165) is 58.3 Å². The van der Waals surface area contributed by atoms with Crippen LogP contribution in [0.25, 0.3) is 10.2 Å². The molecule has 0 unspecified atom stereocenters. The Kier molecular flexibility index (Phi) is 5.92. The van der Waals surface area contributed by atoms with Gasteiger partial charge in [-0.15, -0.1) is 0 Å². The fourth-order valence-electron chi connectivity index (χ4n) is 3.66. The number of hydrogen-bond acceptors (Lipinski definition) is 5. The first-order valence-electron chi connectivity index (χ1n) is 9.77. The highest BCUT2D eigenvalue weighted by Crippen LogP contribution is 2.33. The number of fused-ring (bicyclic) bond motifs is 1. The number of halogens is 1. The quantitative estimate of drug-likeness (QED) is 0.548. The summed E-state index contributed by atoms with van der Waals surface area (Å²) in [5.74, 6) is 0.341. The van der Waals surface area contributed by atoms with Crippen LogP contribution in [0.3, 0.4) is 0 Å². The number of aromatic carboxylic acids is 1. The Balaban J connectivity index is 1.29. The second-order valence-electron chi connectivity index (χ2n) is 7.46. The minimum Gasteiger partial charge on any atom is -0.493 e. The standard InChI is InChI=1S/C22H23ClN2O3S/c1-14-2-3-16(21(26)27)12-19(14)28-11-8-15-6-9-25(10-7-15)22-24-18-5-4-17(23)13-20(18)29-22/h2-5,12-13,15H,6-11H2,1H3,(H,26,27). The van der Waals surface area contributed by atoms with E-state index in [-0.39, 0.29) is 5.56 Å². The van der Waals surface area contributed by atoms with Gasteiger partial charge in [0.1, 0.15) is 5.75 Å². The molecule has 2 aromatic carbocycles. The predicted molar refractivity (Wildman–Crippen MR) is 118 cm³/mol. The van der Waals surface area contributed by atoms with Crippen molar-refractivity contribution in [3.63, 3.8) is 0 Å². The van der Waals surface area contributed by atoms with Gasteiger partial charge >= 0.3 is 5.97 Å². The van der Waals surface area contributed by atoms with Gasteiger partial charge in [-0.25, -0.2) is 9.78 Å². The first kappa shape index (κ1) is 20.0. The highest BCUT2D eigenvalue weighted by atomic mass is 35.5. The van der Waals surface area contributed by atoms with Crippen LogP contribution in [0.1, 0.15) is 35.2 Å². The largest absolute Gasteiger partial charge is 0.493 e. The molecule has 1 aliphatic heterocycles. The Labute approximate surface area is 178 Å². The molecule has 0 spiro atoms. The highest BCUT2D eigenvalue weighted by Gasteiger charge is 2.22. The smallest absolute Gasteiger partial charge is 0.335 e. The Morgan fingerprint density at radius 3 is 2.83 bits per heavy atom. The minimum absolute atomic E-state index is 0.260. The lowest BCUT2D eigenvalue weighted by Gasteiger charge is -2.31. The summed E-state index contributed by atoms with van der Waals surface area (Å²) in [6, 6.07) is 10.8. The molecule has 2 heterocycles. The van der Waals surface area contributed by atoms with E-state index in [1.165, 1.54) is 0 Å². The molecular weight excluding hydrogens is 408 g/mol. The highest BCUT2D eigenvalue weighted by molar-refractivity contribution is 7.22. The van der Waals surface area contributed by atoms with Crippen molar-refractivity contribution in [3.05, 3.63) is 52.5 Å². The number of benzene rings is 2. The predicted octanol–water partition coefficient (Wildman–Crippen LogP) is 5.64. The number of carbonyl (C=O) groups is 1. The van der Waals surface area contributed by atoms with Gasteiger partial charge in [0.2, 0.25) is 0 Å². The van der Waals surface area contributed by atoms with E-state index >= 15 is 0 Å². The van der Waals surface area contributed by atoms with Crippen molar-refractivity contribution in [2.45, 2.75) is 26.2 Å². The maximum absolute atomic E-state index is 11.1. The van der Waals surface area contributed by atoms with E-state index in [1.807, 2.05) is 25.1 Å². The zero-order chi connectivity index (χ0) is 20.4. The molecule has 0 saturated carbocycles. The number of carboxylic acids is 1. The maximum atomic E-state index is 11.1. The molecule has 29 heavy (non-hydrogen) atoms. The van der Waals surface area contributed by atoms with Crippen molar-refractivity contribution in [1.82, 2.24) is 4.98 Å². The van der Waals surface area contributed by atoms with Gasteiger partial charge in [0.05, 0.1) is 22.4 Å². The molecule has 5 nitrogen and oxygen atoms in total. The molecule has 3 aromatic rings. The van der Waals surface area contributed by atoms with Crippen LogP contribution in [0.4, 0.5) is 5.13 Å². The van der Waals surface area contributed by atoms with E-state index in [0.29, 0.717) is 18.3 Å². The van der Waals surface area contributed by atoms with Crippen LogP contribution in [0.5, 0.6) is 5.75 Å². The topological polar surface area (TPSA) is 62.7 Å². The molecule has 1 fully saturated rings. The first-order chi connectivity index (χ1) is 14.0. The van der Waals surface area contributed by atoms with Crippen molar-refractivity contribution in [3.8, 4) is 5.75 Å². The van der Waals surface area contributed by atoms with Crippen molar-refractivity contribution in [2.24, 2.45) is 5.92 Å². The summed E-state index contributed by atoms with van der Waals surface area (Å²) in [5, 5.41) is 11.0. The normalized spacial score (nSPS) is 15.0. The van der Waals surface area contributed by atoms with Crippen LogP contribution in [0.15, 0.2) is 36.4 Å². The minimum atomic E-state index is -0.931. The molecule has 0 atom stereocenters. The van der Waals surface area contributed by atoms with Crippen molar-refractivity contribution in [1.29, 1.82) is 0 Å². The molecule has 152 valence electrons. The van der Waals surface area contributed by atoms with Crippen LogP contribution in [-0.4, -0.2) is 35.8 Å². The molecular formula is C22H23ClN2O3S. The Morgan fingerprint density at radius 2 is 2.07 bits per heavy atom. The molecule has 1 saturated heterocycles. The number of piperidine rings is 1. The molecule has 0 amide bonds. The van der Waals surface area contributed by atoms with Gasteiger partial charge in [-0.2, -0.15) is 0 Å². The van der Waals surface area contributed by atoms with E-state index in [4.69, 9.17) is 26.4 Å². The van der Waals surface area contributed by atoms with E-state index in [9.17, 15) is 4.79 Å². The van der Waals surface area contributed by atoms with Crippen LogP contribution in [0, 0.1) is 12.8 Å². The number of aromatic nitrogens is 1. The van der Waals surface area contributed by atoms with Gasteiger partial charge < -0.3 is 14.7 Å². The van der Waals surface area contributed by atoms with Crippen molar-refractivity contribution >= 4 is 44.3 Å². The van der Waals surface area contributed by atoms with Gasteiger partial charge in [0, 0.05) is 18.1 Å².